The molecule has 0 aliphatic carbocycles. The van der Waals surface area contributed by atoms with Crippen LogP contribution in [-0.4, -0.2) is 14.7 Å². The molecule has 0 aliphatic heterocycles. The number of nitrogen functional groups attached to an aromatic ring is 1. The minimum Gasteiger partial charge on any atom is -0.399 e. The van der Waals surface area contributed by atoms with Crippen molar-refractivity contribution in [1.29, 1.82) is 0 Å². The monoisotopic (exact) mass is 275 g/mol. The normalized spacial score (nSPS) is 15.5. The van der Waals surface area contributed by atoms with E-state index >= 15 is 0 Å². The van der Waals surface area contributed by atoms with E-state index in [1.807, 2.05) is 18.2 Å². The molecule has 0 saturated carbocycles. The van der Waals surface area contributed by atoms with Gasteiger partial charge in [0.2, 0.25) is 0 Å². The van der Waals surface area contributed by atoms with Crippen LogP contribution in [0.1, 0.15) is 46.5 Å². The van der Waals surface area contributed by atoms with E-state index in [0.29, 0.717) is 17.4 Å². The summed E-state index contributed by atoms with van der Waals surface area (Å²) in [7, 11) is 0. The molecule has 4 heteroatoms. The fraction of sp³-hybridized carbons (Fsp3) is 0.562. The van der Waals surface area contributed by atoms with Crippen LogP contribution in [0, 0.1) is 11.3 Å². The molecule has 1 aromatic carbocycles. The van der Waals surface area contributed by atoms with Gasteiger partial charge in [0, 0.05) is 12.2 Å². The minimum atomic E-state index is -0.587. The molecule has 2 unspecified atom stereocenters. The Hall–Kier alpha value is -1.55. The maximum absolute atomic E-state index is 9.98. The van der Waals surface area contributed by atoms with Crippen molar-refractivity contribution in [3.05, 3.63) is 24.0 Å². The second-order valence-electron chi connectivity index (χ2n) is 6.77. The SMILES string of the molecule is CC(O)c1nc2cc(N)ccc2n1CC(C)C(C)(C)C. The number of nitrogens with two attached hydrogens (primary N) is 1. The Morgan fingerprint density at radius 1 is 1.30 bits per heavy atom. The van der Waals surface area contributed by atoms with E-state index in [1.165, 1.54) is 0 Å². The Balaban J connectivity index is 2.52. The van der Waals surface area contributed by atoms with E-state index in [-0.39, 0.29) is 5.41 Å². The summed E-state index contributed by atoms with van der Waals surface area (Å²) in [4.78, 5) is 4.54. The smallest absolute Gasteiger partial charge is 0.138 e. The summed E-state index contributed by atoms with van der Waals surface area (Å²) in [5.41, 5.74) is 8.61. The van der Waals surface area contributed by atoms with Gasteiger partial charge in [0.05, 0.1) is 11.0 Å². The highest BCUT2D eigenvalue weighted by atomic mass is 16.3. The molecule has 0 bridgehead atoms. The quantitative estimate of drug-likeness (QED) is 0.844. The largest absolute Gasteiger partial charge is 0.399 e. The van der Waals surface area contributed by atoms with Gasteiger partial charge in [-0.25, -0.2) is 4.98 Å². The first-order valence-corrected chi connectivity index (χ1v) is 7.14. The maximum Gasteiger partial charge on any atom is 0.138 e. The number of fused-ring (bicyclic) bond motifs is 1. The standard InChI is InChI=1S/C16H25N3O/c1-10(16(3,4)5)9-19-14-7-6-12(17)8-13(14)18-15(19)11(2)20/h6-8,10-11,20H,9,17H2,1-5H3. The predicted molar refractivity (Wildman–Crippen MR) is 83.4 cm³/mol. The molecule has 4 nitrogen and oxygen atoms in total. The first-order valence-electron chi connectivity index (χ1n) is 7.14. The van der Waals surface area contributed by atoms with Gasteiger partial charge in [0.15, 0.2) is 0 Å². The van der Waals surface area contributed by atoms with Crippen molar-refractivity contribution in [2.75, 3.05) is 5.73 Å². The Kier molecular flexibility index (Phi) is 3.78. The average Bonchev–Trinajstić information content (AvgIpc) is 2.66. The Morgan fingerprint density at radius 3 is 2.50 bits per heavy atom. The highest BCUT2D eigenvalue weighted by Crippen LogP contribution is 2.30. The molecule has 0 radical (unpaired) electrons. The van der Waals surface area contributed by atoms with E-state index in [9.17, 15) is 5.11 Å². The summed E-state index contributed by atoms with van der Waals surface area (Å²) >= 11 is 0. The van der Waals surface area contributed by atoms with E-state index in [4.69, 9.17) is 5.73 Å². The lowest BCUT2D eigenvalue weighted by atomic mass is 9.82. The molecular formula is C16H25N3O. The number of hydrogen-bond donors (Lipinski definition) is 2. The van der Waals surface area contributed by atoms with Gasteiger partial charge >= 0.3 is 0 Å². The molecular weight excluding hydrogens is 250 g/mol. The van der Waals surface area contributed by atoms with Gasteiger partial charge in [-0.3, -0.25) is 0 Å². The van der Waals surface area contributed by atoms with Crippen LogP contribution in [0.5, 0.6) is 0 Å². The lowest BCUT2D eigenvalue weighted by Crippen LogP contribution is -2.23. The number of imidazole rings is 1. The Bertz CT molecular complexity index is 608. The van der Waals surface area contributed by atoms with Gasteiger partial charge in [-0.05, 0) is 36.5 Å². The number of hydrogen-bond acceptors (Lipinski definition) is 3. The van der Waals surface area contributed by atoms with E-state index in [0.717, 1.165) is 17.6 Å². The molecule has 0 amide bonds. The molecule has 2 rings (SSSR count). The van der Waals surface area contributed by atoms with Gasteiger partial charge in [-0.2, -0.15) is 0 Å². The highest BCUT2D eigenvalue weighted by molar-refractivity contribution is 5.79. The third-order valence-electron chi connectivity index (χ3n) is 4.11. The summed E-state index contributed by atoms with van der Waals surface area (Å²) in [5, 5.41) is 9.98. The van der Waals surface area contributed by atoms with Crippen molar-refractivity contribution in [3.63, 3.8) is 0 Å². The zero-order chi connectivity index (χ0) is 15.1. The second kappa shape index (κ2) is 5.09. The van der Waals surface area contributed by atoms with Crippen molar-refractivity contribution in [1.82, 2.24) is 9.55 Å². The van der Waals surface area contributed by atoms with E-state index < -0.39 is 6.10 Å². The Morgan fingerprint density at radius 2 is 1.95 bits per heavy atom. The van der Waals surface area contributed by atoms with Crippen LogP contribution in [-0.2, 0) is 6.54 Å². The first-order chi connectivity index (χ1) is 9.20. The van der Waals surface area contributed by atoms with Crippen LogP contribution in [0.4, 0.5) is 5.69 Å². The van der Waals surface area contributed by atoms with Crippen molar-refractivity contribution < 1.29 is 5.11 Å². The van der Waals surface area contributed by atoms with Crippen molar-refractivity contribution >= 4 is 16.7 Å². The summed E-state index contributed by atoms with van der Waals surface area (Å²) in [6.07, 6.45) is -0.587. The zero-order valence-electron chi connectivity index (χ0n) is 13.0. The molecule has 20 heavy (non-hydrogen) atoms. The van der Waals surface area contributed by atoms with Gasteiger partial charge < -0.3 is 15.4 Å². The number of aliphatic hydroxyl groups excluding tert-OH is 1. The van der Waals surface area contributed by atoms with Crippen LogP contribution >= 0.6 is 0 Å². The molecule has 0 spiro atoms. The topological polar surface area (TPSA) is 64.1 Å². The lowest BCUT2D eigenvalue weighted by molar-refractivity contribution is 0.175. The van der Waals surface area contributed by atoms with Gasteiger partial charge in [0.25, 0.3) is 0 Å². The van der Waals surface area contributed by atoms with Crippen molar-refractivity contribution in [3.8, 4) is 0 Å². The van der Waals surface area contributed by atoms with Crippen LogP contribution in [0.15, 0.2) is 18.2 Å². The molecule has 0 aliphatic rings. The van der Waals surface area contributed by atoms with Crippen molar-refractivity contribution in [2.45, 2.75) is 47.3 Å². The summed E-state index contributed by atoms with van der Waals surface area (Å²) in [6, 6.07) is 5.73. The number of nitrogens with zero attached hydrogens (tertiary/aromatic N) is 2. The summed E-state index contributed by atoms with van der Waals surface area (Å²) in [6.45, 7) is 11.5. The van der Waals surface area contributed by atoms with Gasteiger partial charge in [-0.15, -0.1) is 0 Å². The lowest BCUT2D eigenvalue weighted by Gasteiger charge is -2.28. The van der Waals surface area contributed by atoms with Crippen LogP contribution in [0.2, 0.25) is 0 Å². The predicted octanol–water partition coefficient (Wildman–Crippen LogP) is 3.35. The minimum absolute atomic E-state index is 0.209. The number of benzene rings is 1. The number of rotatable bonds is 3. The number of aliphatic hydroxyl groups is 1. The summed E-state index contributed by atoms with van der Waals surface area (Å²) < 4.78 is 2.12. The van der Waals surface area contributed by atoms with E-state index in [1.54, 1.807) is 6.92 Å². The molecule has 2 atom stereocenters. The molecule has 0 fully saturated rings. The summed E-state index contributed by atoms with van der Waals surface area (Å²) in [5.74, 6) is 1.18. The molecule has 1 heterocycles. The molecule has 110 valence electrons. The fourth-order valence-corrected chi connectivity index (χ4v) is 2.22. The average molecular weight is 275 g/mol. The fourth-order valence-electron chi connectivity index (χ4n) is 2.22. The molecule has 3 N–H and O–H groups in total. The third-order valence-corrected chi connectivity index (χ3v) is 4.11. The van der Waals surface area contributed by atoms with E-state index in [2.05, 4.69) is 37.2 Å². The highest BCUT2D eigenvalue weighted by Gasteiger charge is 2.23. The number of aromatic nitrogens is 2. The first kappa shape index (κ1) is 14.9. The van der Waals surface area contributed by atoms with Crippen LogP contribution in [0.25, 0.3) is 11.0 Å². The van der Waals surface area contributed by atoms with Crippen LogP contribution in [0.3, 0.4) is 0 Å². The molecule has 2 aromatic rings. The van der Waals surface area contributed by atoms with Crippen molar-refractivity contribution in [2.24, 2.45) is 11.3 Å². The zero-order valence-corrected chi connectivity index (χ0v) is 13.0. The maximum atomic E-state index is 9.98. The van der Waals surface area contributed by atoms with Gasteiger partial charge in [0.1, 0.15) is 11.9 Å². The molecule has 1 aromatic heterocycles. The number of anilines is 1. The molecule has 0 saturated heterocycles. The van der Waals surface area contributed by atoms with Crippen LogP contribution < -0.4 is 5.73 Å². The van der Waals surface area contributed by atoms with Gasteiger partial charge in [-0.1, -0.05) is 27.7 Å². The Labute approximate surface area is 120 Å². The second-order valence-corrected chi connectivity index (χ2v) is 6.77. The third kappa shape index (κ3) is 2.80.